The van der Waals surface area contributed by atoms with Crippen LogP contribution in [0.2, 0.25) is 0 Å². The zero-order valence-electron chi connectivity index (χ0n) is 5.24. The number of amides is 1. The molecule has 0 aliphatic heterocycles. The Bertz CT molecular complexity index is 70.2. The van der Waals surface area contributed by atoms with Gasteiger partial charge in [0.25, 0.3) is 0 Å². The Labute approximate surface area is 53.3 Å². The molecule has 9 heavy (non-hydrogen) atoms. The molecule has 0 aliphatic rings. The first-order valence-electron chi connectivity index (χ1n) is 2.33. The van der Waals surface area contributed by atoms with Crippen LogP contribution in [0.1, 0.15) is 6.92 Å². The van der Waals surface area contributed by atoms with Crippen LogP contribution < -0.4 is 11.5 Å². The zero-order chi connectivity index (χ0) is 7.86. The summed E-state index contributed by atoms with van der Waals surface area (Å²) in [6, 6.07) is 0. The van der Waals surface area contributed by atoms with E-state index in [-0.39, 0.29) is 12.5 Å². The van der Waals surface area contributed by atoms with Gasteiger partial charge in [0.2, 0.25) is 5.91 Å². The topological polar surface area (TPSA) is 110 Å². The maximum absolute atomic E-state index is 9.22. The molecule has 0 unspecified atom stereocenters. The van der Waals surface area contributed by atoms with Gasteiger partial charge in [0, 0.05) is 13.5 Å². The maximum atomic E-state index is 9.22. The molecule has 1 amide bonds. The molecule has 0 heterocycles. The Balaban J connectivity index is 0. The highest BCUT2D eigenvalue weighted by Gasteiger charge is 1.83. The van der Waals surface area contributed by atoms with Crippen molar-refractivity contribution < 1.29 is 15.0 Å². The van der Waals surface area contributed by atoms with Crippen molar-refractivity contribution in [2.45, 2.75) is 13.2 Å². The summed E-state index contributed by atoms with van der Waals surface area (Å²) in [5.74, 6) is -0.333. The predicted octanol–water partition coefficient (Wildman–Crippen LogP) is -2.25. The normalized spacial score (nSPS) is 8.11. The fraction of sp³-hybridized carbons (Fsp3) is 0.750. The van der Waals surface area contributed by atoms with E-state index in [1.165, 1.54) is 6.92 Å². The molecule has 0 fully saturated rings. The molecule has 56 valence electrons. The quantitative estimate of drug-likeness (QED) is 0.305. The monoisotopic (exact) mass is 136 g/mol. The summed E-state index contributed by atoms with van der Waals surface area (Å²) < 4.78 is 0. The van der Waals surface area contributed by atoms with Crippen LogP contribution >= 0.6 is 0 Å². The number of carbonyl (C=O) groups excluding carboxylic acids is 1. The van der Waals surface area contributed by atoms with Crippen molar-refractivity contribution in [1.29, 1.82) is 0 Å². The lowest BCUT2D eigenvalue weighted by Crippen LogP contribution is -2.17. The van der Waals surface area contributed by atoms with Gasteiger partial charge in [0.05, 0.1) is 0 Å². The number of primary amides is 1. The second-order valence-corrected chi connectivity index (χ2v) is 1.33. The molecule has 5 nitrogen and oxygen atoms in total. The van der Waals surface area contributed by atoms with Crippen molar-refractivity contribution >= 4 is 5.91 Å². The van der Waals surface area contributed by atoms with Crippen LogP contribution in [0.15, 0.2) is 0 Å². The minimum Gasteiger partial charge on any atom is -0.370 e. The van der Waals surface area contributed by atoms with E-state index in [9.17, 15) is 4.79 Å². The fourth-order valence-corrected chi connectivity index (χ4v) is 0. The van der Waals surface area contributed by atoms with E-state index < -0.39 is 6.29 Å². The van der Waals surface area contributed by atoms with Crippen molar-refractivity contribution in [2.24, 2.45) is 11.5 Å². The van der Waals surface area contributed by atoms with Crippen molar-refractivity contribution in [3.05, 3.63) is 0 Å². The molecule has 0 spiro atoms. The van der Waals surface area contributed by atoms with Gasteiger partial charge in [-0.3, -0.25) is 4.79 Å². The molecule has 0 radical (unpaired) electrons. The van der Waals surface area contributed by atoms with Crippen molar-refractivity contribution in [1.82, 2.24) is 0 Å². The Hall–Kier alpha value is -0.650. The van der Waals surface area contributed by atoms with Crippen LogP contribution in [0.4, 0.5) is 0 Å². The third-order valence-electron chi connectivity index (χ3n) is 0.211. The Kier molecular flexibility index (Phi) is 9.14. The second kappa shape index (κ2) is 7.35. The smallest absolute Gasteiger partial charge is 0.214 e. The largest absolute Gasteiger partial charge is 0.370 e. The van der Waals surface area contributed by atoms with E-state index in [2.05, 4.69) is 11.5 Å². The van der Waals surface area contributed by atoms with Crippen LogP contribution in [0.3, 0.4) is 0 Å². The molecule has 5 heteroatoms. The molecule has 0 atom stereocenters. The highest BCUT2D eigenvalue weighted by molar-refractivity contribution is 5.70. The highest BCUT2D eigenvalue weighted by atomic mass is 16.5. The van der Waals surface area contributed by atoms with Gasteiger partial charge in [-0.25, -0.2) is 0 Å². The molecule has 0 aromatic heterocycles. The van der Waals surface area contributed by atoms with Gasteiger partial charge >= 0.3 is 0 Å². The number of aliphatic hydroxyl groups is 2. The van der Waals surface area contributed by atoms with E-state index in [1.54, 1.807) is 0 Å². The third-order valence-corrected chi connectivity index (χ3v) is 0.211. The van der Waals surface area contributed by atoms with Gasteiger partial charge < -0.3 is 21.7 Å². The summed E-state index contributed by atoms with van der Waals surface area (Å²) in [5, 5.41) is 15.6. The minimum absolute atomic E-state index is 0.0833. The predicted molar refractivity (Wildman–Crippen MR) is 32.1 cm³/mol. The molecule has 0 aromatic carbocycles. The Morgan fingerprint density at radius 2 is 1.78 bits per heavy atom. The fourth-order valence-electron chi connectivity index (χ4n) is 0. The first-order valence-corrected chi connectivity index (χ1v) is 2.33. The third kappa shape index (κ3) is 115. The second-order valence-electron chi connectivity index (χ2n) is 1.33. The molecule has 0 bridgehead atoms. The standard InChI is InChI=1S/C2H7NO2.C2H5NO/c3-1-2(4)5;1-2(3)4/h2,4-5H,1,3H2;1H3,(H2,3,4). The van der Waals surface area contributed by atoms with E-state index in [0.29, 0.717) is 0 Å². The van der Waals surface area contributed by atoms with E-state index in [4.69, 9.17) is 10.2 Å². The van der Waals surface area contributed by atoms with Gasteiger partial charge in [-0.05, 0) is 0 Å². The molecule has 0 aliphatic carbocycles. The number of carbonyl (C=O) groups is 1. The molecular formula is C4H12N2O3. The number of hydrogen-bond acceptors (Lipinski definition) is 4. The van der Waals surface area contributed by atoms with Gasteiger partial charge in [0.15, 0.2) is 6.29 Å². The summed E-state index contributed by atoms with van der Waals surface area (Å²) in [4.78, 5) is 9.22. The average molecular weight is 136 g/mol. The maximum Gasteiger partial charge on any atom is 0.214 e. The van der Waals surface area contributed by atoms with Crippen LogP contribution in [0.5, 0.6) is 0 Å². The van der Waals surface area contributed by atoms with Crippen LogP contribution in [0, 0.1) is 0 Å². The first kappa shape index (κ1) is 11.2. The van der Waals surface area contributed by atoms with Gasteiger partial charge in [-0.1, -0.05) is 0 Å². The number of rotatable bonds is 1. The first-order chi connectivity index (χ1) is 4.00. The average Bonchev–Trinajstić information content (AvgIpc) is 1.65. The molecule has 6 N–H and O–H groups in total. The van der Waals surface area contributed by atoms with Gasteiger partial charge in [-0.15, -0.1) is 0 Å². The summed E-state index contributed by atoms with van der Waals surface area (Å²) in [6.07, 6.45) is -1.34. The lowest BCUT2D eigenvalue weighted by Gasteiger charge is -1.90. The van der Waals surface area contributed by atoms with E-state index in [1.807, 2.05) is 0 Å². The summed E-state index contributed by atoms with van der Waals surface area (Å²) in [6.45, 7) is 1.22. The molecule has 0 saturated heterocycles. The summed E-state index contributed by atoms with van der Waals surface area (Å²) >= 11 is 0. The van der Waals surface area contributed by atoms with Crippen LogP contribution in [0.25, 0.3) is 0 Å². The van der Waals surface area contributed by atoms with E-state index >= 15 is 0 Å². The molecule has 0 rings (SSSR count). The van der Waals surface area contributed by atoms with Crippen molar-refractivity contribution in [3.63, 3.8) is 0 Å². The molecule has 0 saturated carbocycles. The zero-order valence-corrected chi connectivity index (χ0v) is 5.24. The SMILES string of the molecule is CC(N)=O.NCC(O)O. The highest BCUT2D eigenvalue weighted by Crippen LogP contribution is 1.58. The van der Waals surface area contributed by atoms with Crippen LogP contribution in [-0.4, -0.2) is 29.0 Å². The summed E-state index contributed by atoms with van der Waals surface area (Å²) in [7, 11) is 0. The molecular weight excluding hydrogens is 124 g/mol. The minimum atomic E-state index is -1.34. The lowest BCUT2D eigenvalue weighted by molar-refractivity contribution is -0.115. The summed E-state index contributed by atoms with van der Waals surface area (Å²) in [5.41, 5.74) is 9.14. The number of aliphatic hydroxyl groups excluding tert-OH is 1. The van der Waals surface area contributed by atoms with Crippen molar-refractivity contribution in [2.75, 3.05) is 6.54 Å². The Morgan fingerprint density at radius 3 is 1.78 bits per heavy atom. The van der Waals surface area contributed by atoms with Crippen LogP contribution in [-0.2, 0) is 4.79 Å². The molecule has 0 aromatic rings. The van der Waals surface area contributed by atoms with Crippen molar-refractivity contribution in [3.8, 4) is 0 Å². The van der Waals surface area contributed by atoms with Gasteiger partial charge in [0.1, 0.15) is 0 Å². The lowest BCUT2D eigenvalue weighted by atomic mass is 10.7. The Morgan fingerprint density at radius 1 is 1.67 bits per heavy atom. The van der Waals surface area contributed by atoms with Gasteiger partial charge in [-0.2, -0.15) is 0 Å². The number of hydrogen-bond donors (Lipinski definition) is 4. The number of nitrogens with two attached hydrogens (primary N) is 2. The van der Waals surface area contributed by atoms with E-state index in [0.717, 1.165) is 0 Å².